The first-order chi connectivity index (χ1) is 8.90. The van der Waals surface area contributed by atoms with Gasteiger partial charge in [0.1, 0.15) is 11.6 Å². The van der Waals surface area contributed by atoms with E-state index in [9.17, 15) is 13.6 Å². The van der Waals surface area contributed by atoms with Gasteiger partial charge in [-0.3, -0.25) is 4.79 Å². The van der Waals surface area contributed by atoms with Crippen molar-refractivity contribution in [2.45, 2.75) is 13.8 Å². The minimum Gasteiger partial charge on any atom is -0.288 e. The summed E-state index contributed by atoms with van der Waals surface area (Å²) in [4.78, 5) is 12.3. The minimum absolute atomic E-state index is 0.00233. The quantitative estimate of drug-likeness (QED) is 0.584. The van der Waals surface area contributed by atoms with E-state index in [-0.39, 0.29) is 10.0 Å². The zero-order valence-corrected chi connectivity index (χ0v) is 12.0. The summed E-state index contributed by atoms with van der Waals surface area (Å²) in [5.74, 6) is -1.90. The van der Waals surface area contributed by atoms with Gasteiger partial charge in [-0.15, -0.1) is 0 Å². The van der Waals surface area contributed by atoms with Crippen LogP contribution >= 0.6 is 15.9 Å². The van der Waals surface area contributed by atoms with Crippen LogP contribution in [0.2, 0.25) is 0 Å². The molecule has 0 bridgehead atoms. The Labute approximate surface area is 118 Å². The Morgan fingerprint density at radius 2 is 1.68 bits per heavy atom. The third-order valence-corrected chi connectivity index (χ3v) is 3.50. The van der Waals surface area contributed by atoms with Crippen LogP contribution in [-0.4, -0.2) is 5.78 Å². The number of carbonyl (C=O) groups excluding carboxylic acids is 1. The molecule has 0 spiro atoms. The number of ketones is 1. The van der Waals surface area contributed by atoms with Gasteiger partial charge in [0.15, 0.2) is 5.78 Å². The molecule has 0 unspecified atom stereocenters. The maximum absolute atomic E-state index is 13.8. The molecule has 2 aromatic carbocycles. The van der Waals surface area contributed by atoms with Gasteiger partial charge in [-0.2, -0.15) is 0 Å². The Hall–Kier alpha value is -1.55. The smallest absolute Gasteiger partial charge is 0.196 e. The second-order valence-electron chi connectivity index (χ2n) is 4.39. The van der Waals surface area contributed by atoms with Gasteiger partial charge in [0, 0.05) is 5.56 Å². The van der Waals surface area contributed by atoms with Crippen LogP contribution in [0.4, 0.5) is 8.78 Å². The van der Waals surface area contributed by atoms with Gasteiger partial charge in [-0.05, 0) is 53.5 Å². The summed E-state index contributed by atoms with van der Waals surface area (Å²) in [6.07, 6.45) is 0. The number of aryl methyl sites for hydroxylation is 2. The molecule has 0 N–H and O–H groups in total. The molecule has 4 heteroatoms. The fourth-order valence-electron chi connectivity index (χ4n) is 1.82. The topological polar surface area (TPSA) is 17.1 Å². The van der Waals surface area contributed by atoms with Crippen molar-refractivity contribution < 1.29 is 13.6 Å². The number of hydrogen-bond donors (Lipinski definition) is 0. The lowest BCUT2D eigenvalue weighted by Crippen LogP contribution is -2.07. The molecule has 0 saturated heterocycles. The molecule has 0 aliphatic rings. The highest BCUT2D eigenvalue weighted by Gasteiger charge is 2.18. The molecule has 2 rings (SSSR count). The molecule has 0 aromatic heterocycles. The van der Waals surface area contributed by atoms with Gasteiger partial charge in [0.25, 0.3) is 0 Å². The summed E-state index contributed by atoms with van der Waals surface area (Å²) in [5.41, 5.74) is 1.76. The highest BCUT2D eigenvalue weighted by molar-refractivity contribution is 9.10. The molecule has 98 valence electrons. The molecule has 0 aliphatic heterocycles. The fourth-order valence-corrected chi connectivity index (χ4v) is 2.14. The van der Waals surface area contributed by atoms with E-state index < -0.39 is 17.4 Å². The lowest BCUT2D eigenvalue weighted by molar-refractivity contribution is 0.103. The molecule has 19 heavy (non-hydrogen) atoms. The molecule has 2 aromatic rings. The van der Waals surface area contributed by atoms with Crippen LogP contribution in [0.3, 0.4) is 0 Å². The van der Waals surface area contributed by atoms with Crippen molar-refractivity contribution in [1.29, 1.82) is 0 Å². The number of rotatable bonds is 2. The van der Waals surface area contributed by atoms with Crippen molar-refractivity contribution >= 4 is 21.7 Å². The maximum atomic E-state index is 13.8. The van der Waals surface area contributed by atoms with Gasteiger partial charge in [0.05, 0.1) is 10.0 Å². The Morgan fingerprint density at radius 3 is 2.37 bits per heavy atom. The lowest BCUT2D eigenvalue weighted by Gasteiger charge is -2.08. The molecule has 0 atom stereocenters. The molecule has 0 heterocycles. The van der Waals surface area contributed by atoms with Crippen LogP contribution in [0.25, 0.3) is 0 Å². The van der Waals surface area contributed by atoms with Crippen LogP contribution in [0.1, 0.15) is 27.0 Å². The fraction of sp³-hybridized carbons (Fsp3) is 0.133. The van der Waals surface area contributed by atoms with E-state index in [0.717, 1.165) is 23.3 Å². The van der Waals surface area contributed by atoms with Gasteiger partial charge >= 0.3 is 0 Å². The molecule has 0 aliphatic carbocycles. The summed E-state index contributed by atoms with van der Waals surface area (Å²) < 4.78 is 27.2. The zero-order chi connectivity index (χ0) is 14.2. The van der Waals surface area contributed by atoms with Crippen molar-refractivity contribution in [3.8, 4) is 0 Å². The molecule has 1 nitrogen and oxygen atoms in total. The first-order valence-corrected chi connectivity index (χ1v) is 6.46. The largest absolute Gasteiger partial charge is 0.288 e. The molecule has 0 saturated carbocycles. The summed E-state index contributed by atoms with van der Waals surface area (Å²) in [6, 6.07) is 7.22. The molecule has 0 fully saturated rings. The normalized spacial score (nSPS) is 10.6. The SMILES string of the molecule is Cc1ccc(C)c(C(=O)c2cc(F)c(Br)cc2F)c1. The average Bonchev–Trinajstić information content (AvgIpc) is 2.36. The summed E-state index contributed by atoms with van der Waals surface area (Å²) in [6.45, 7) is 3.61. The van der Waals surface area contributed by atoms with Crippen molar-refractivity contribution in [3.63, 3.8) is 0 Å². The van der Waals surface area contributed by atoms with E-state index in [2.05, 4.69) is 15.9 Å². The second-order valence-corrected chi connectivity index (χ2v) is 5.25. The second kappa shape index (κ2) is 5.21. The Bertz CT molecular complexity index is 665. The molecule has 0 amide bonds. The Balaban J connectivity index is 2.56. The lowest BCUT2D eigenvalue weighted by atomic mass is 9.97. The summed E-state index contributed by atoms with van der Waals surface area (Å²) in [7, 11) is 0. The maximum Gasteiger partial charge on any atom is 0.196 e. The highest BCUT2D eigenvalue weighted by atomic mass is 79.9. The average molecular weight is 325 g/mol. The van der Waals surface area contributed by atoms with E-state index >= 15 is 0 Å². The predicted molar refractivity (Wildman–Crippen MR) is 73.4 cm³/mol. The number of carbonyl (C=O) groups is 1. The zero-order valence-electron chi connectivity index (χ0n) is 10.4. The van der Waals surface area contributed by atoms with Gasteiger partial charge in [0.2, 0.25) is 0 Å². The van der Waals surface area contributed by atoms with Crippen LogP contribution in [0, 0.1) is 25.5 Å². The third kappa shape index (κ3) is 2.73. The van der Waals surface area contributed by atoms with Crippen molar-refractivity contribution in [3.05, 3.63) is 68.7 Å². The number of halogens is 3. The minimum atomic E-state index is -0.737. The Kier molecular flexibility index (Phi) is 3.80. The van der Waals surface area contributed by atoms with Crippen LogP contribution in [0.15, 0.2) is 34.8 Å². The molecule has 0 radical (unpaired) electrons. The van der Waals surface area contributed by atoms with Gasteiger partial charge in [-0.1, -0.05) is 17.7 Å². The number of benzene rings is 2. The van der Waals surface area contributed by atoms with Crippen molar-refractivity contribution in [2.75, 3.05) is 0 Å². The molecular formula is C15H11BrF2O. The standard InChI is InChI=1S/C15H11BrF2O/c1-8-3-4-9(2)10(5-8)15(19)11-6-14(18)12(16)7-13(11)17/h3-7H,1-2H3. The van der Waals surface area contributed by atoms with Crippen LogP contribution in [-0.2, 0) is 0 Å². The third-order valence-electron chi connectivity index (χ3n) is 2.89. The van der Waals surface area contributed by atoms with Crippen molar-refractivity contribution in [2.24, 2.45) is 0 Å². The van der Waals surface area contributed by atoms with E-state index in [4.69, 9.17) is 0 Å². The van der Waals surface area contributed by atoms with E-state index in [1.165, 1.54) is 0 Å². The first kappa shape index (κ1) is 13.9. The van der Waals surface area contributed by atoms with E-state index in [0.29, 0.717) is 5.56 Å². The highest BCUT2D eigenvalue weighted by Crippen LogP contribution is 2.23. The predicted octanol–water partition coefficient (Wildman–Crippen LogP) is 4.58. The van der Waals surface area contributed by atoms with Gasteiger partial charge < -0.3 is 0 Å². The van der Waals surface area contributed by atoms with E-state index in [1.54, 1.807) is 19.1 Å². The summed E-state index contributed by atoms with van der Waals surface area (Å²) >= 11 is 2.89. The monoisotopic (exact) mass is 324 g/mol. The number of hydrogen-bond acceptors (Lipinski definition) is 1. The van der Waals surface area contributed by atoms with Crippen molar-refractivity contribution in [1.82, 2.24) is 0 Å². The summed E-state index contributed by atoms with van der Waals surface area (Å²) in [5, 5.41) is 0. The van der Waals surface area contributed by atoms with E-state index in [1.807, 2.05) is 13.0 Å². The van der Waals surface area contributed by atoms with Gasteiger partial charge in [-0.25, -0.2) is 8.78 Å². The van der Waals surface area contributed by atoms with Crippen LogP contribution < -0.4 is 0 Å². The first-order valence-electron chi connectivity index (χ1n) is 5.66. The Morgan fingerprint density at radius 1 is 1.00 bits per heavy atom. The van der Waals surface area contributed by atoms with Crippen LogP contribution in [0.5, 0.6) is 0 Å². The molecular weight excluding hydrogens is 314 g/mol.